The van der Waals surface area contributed by atoms with Gasteiger partial charge in [0.05, 0.1) is 17.0 Å². The zero-order valence-corrected chi connectivity index (χ0v) is 17.1. The molecule has 0 bridgehead atoms. The number of sulfone groups is 1. The van der Waals surface area contributed by atoms with Gasteiger partial charge >= 0.3 is 0 Å². The molecule has 0 aliphatic carbocycles. The lowest BCUT2D eigenvalue weighted by molar-refractivity contribution is 0.281. The molecule has 142 valence electrons. The molecule has 6 nitrogen and oxygen atoms in total. The predicted octanol–water partition coefficient (Wildman–Crippen LogP) is 2.44. The van der Waals surface area contributed by atoms with E-state index in [-0.39, 0.29) is 5.75 Å². The molecule has 25 heavy (non-hydrogen) atoms. The molecule has 0 aliphatic heterocycles. The van der Waals surface area contributed by atoms with Crippen molar-refractivity contribution in [1.29, 1.82) is 0 Å². The second-order valence-electron chi connectivity index (χ2n) is 6.63. The van der Waals surface area contributed by atoms with Crippen LogP contribution in [-0.4, -0.2) is 63.6 Å². The molecule has 0 heterocycles. The van der Waals surface area contributed by atoms with Crippen molar-refractivity contribution < 1.29 is 13.2 Å². The third kappa shape index (κ3) is 7.12. The van der Waals surface area contributed by atoms with Crippen LogP contribution in [-0.2, 0) is 9.84 Å². The highest BCUT2D eigenvalue weighted by Crippen LogP contribution is 2.17. The third-order valence-electron chi connectivity index (χ3n) is 3.65. The Balaban J connectivity index is 2.43. The predicted molar refractivity (Wildman–Crippen MR) is 104 cm³/mol. The van der Waals surface area contributed by atoms with Crippen LogP contribution in [0, 0.1) is 0 Å². The number of guanidine groups is 1. The number of nitrogens with one attached hydrogen (secondary N) is 1. The molecule has 0 aromatic heterocycles. The fraction of sp³-hybridized carbons (Fsp3) is 0.588. The molecule has 0 atom stereocenters. The number of nitrogens with zero attached hydrogens (tertiary/aromatic N) is 2. The van der Waals surface area contributed by atoms with E-state index in [1.165, 1.54) is 0 Å². The smallest absolute Gasteiger partial charge is 0.193 e. The molecule has 0 unspecified atom stereocenters. The maximum atomic E-state index is 12.1. The summed E-state index contributed by atoms with van der Waals surface area (Å²) < 4.78 is 29.1. The molecule has 0 radical (unpaired) electrons. The lowest BCUT2D eigenvalue weighted by Crippen LogP contribution is -2.43. The number of ether oxygens (including phenoxy) is 1. The molecular formula is C17H28ClN3O3S. The van der Waals surface area contributed by atoms with Gasteiger partial charge in [-0.2, -0.15) is 0 Å². The Kier molecular flexibility index (Phi) is 8.02. The Bertz CT molecular complexity index is 685. The summed E-state index contributed by atoms with van der Waals surface area (Å²) >= 11 is 5.92. The summed E-state index contributed by atoms with van der Waals surface area (Å²) in [7, 11) is 0.374. The van der Waals surface area contributed by atoms with Crippen LogP contribution in [0.5, 0.6) is 5.75 Å². The Morgan fingerprint density at radius 2 is 2.04 bits per heavy atom. The Hall–Kier alpha value is -1.47. The zero-order valence-electron chi connectivity index (χ0n) is 15.5. The molecule has 0 aliphatic rings. The minimum atomic E-state index is -3.16. The first-order valence-electron chi connectivity index (χ1n) is 8.09. The average molecular weight is 390 g/mol. The van der Waals surface area contributed by atoms with Crippen LogP contribution in [0.2, 0.25) is 5.02 Å². The summed E-state index contributed by atoms with van der Waals surface area (Å²) in [4.78, 5) is 6.05. The van der Waals surface area contributed by atoms with Gasteiger partial charge in [-0.05, 0) is 39.0 Å². The Morgan fingerprint density at radius 1 is 1.36 bits per heavy atom. The maximum absolute atomic E-state index is 12.1. The Labute approximate surface area is 156 Å². The van der Waals surface area contributed by atoms with Crippen LogP contribution in [0.15, 0.2) is 29.3 Å². The molecular weight excluding hydrogens is 362 g/mol. The van der Waals surface area contributed by atoms with Gasteiger partial charge in [0.15, 0.2) is 15.8 Å². The lowest BCUT2D eigenvalue weighted by Gasteiger charge is -2.23. The normalized spacial score (nSPS) is 12.8. The molecule has 1 rings (SSSR count). The highest BCUT2D eigenvalue weighted by molar-refractivity contribution is 7.92. The first-order chi connectivity index (χ1) is 11.6. The van der Waals surface area contributed by atoms with Crippen molar-refractivity contribution in [2.75, 3.05) is 39.5 Å². The van der Waals surface area contributed by atoms with Crippen molar-refractivity contribution in [3.8, 4) is 5.75 Å². The van der Waals surface area contributed by atoms with E-state index in [9.17, 15) is 8.42 Å². The number of hydrogen-bond acceptors (Lipinski definition) is 4. The van der Waals surface area contributed by atoms with Gasteiger partial charge in [0.1, 0.15) is 12.4 Å². The van der Waals surface area contributed by atoms with Gasteiger partial charge in [0.2, 0.25) is 0 Å². The quantitative estimate of drug-likeness (QED) is 0.572. The van der Waals surface area contributed by atoms with Crippen molar-refractivity contribution in [2.24, 2.45) is 4.99 Å². The van der Waals surface area contributed by atoms with Crippen LogP contribution in [0.3, 0.4) is 0 Å². The number of benzene rings is 1. The van der Waals surface area contributed by atoms with E-state index < -0.39 is 14.6 Å². The summed E-state index contributed by atoms with van der Waals surface area (Å²) in [6.07, 6.45) is 0. The van der Waals surface area contributed by atoms with E-state index in [0.29, 0.717) is 36.4 Å². The van der Waals surface area contributed by atoms with Crippen LogP contribution >= 0.6 is 11.6 Å². The fourth-order valence-corrected chi connectivity index (χ4v) is 3.11. The van der Waals surface area contributed by atoms with Crippen molar-refractivity contribution in [3.63, 3.8) is 0 Å². The molecule has 1 N–H and O–H groups in total. The minimum absolute atomic E-state index is 0.0579. The number of likely N-dealkylation sites (N-methyl/N-ethyl adjacent to an activating group) is 1. The highest BCUT2D eigenvalue weighted by Gasteiger charge is 2.28. The zero-order chi connectivity index (χ0) is 19.1. The van der Waals surface area contributed by atoms with E-state index >= 15 is 0 Å². The van der Waals surface area contributed by atoms with Gasteiger partial charge < -0.3 is 15.0 Å². The van der Waals surface area contributed by atoms with Crippen LogP contribution in [0.1, 0.15) is 20.8 Å². The minimum Gasteiger partial charge on any atom is -0.492 e. The molecule has 0 amide bonds. The first kappa shape index (κ1) is 21.6. The van der Waals surface area contributed by atoms with E-state index in [1.807, 2.05) is 24.1 Å². The SMILES string of the molecule is CN=C(NCCS(=O)(=O)C(C)(C)C)N(C)CCOc1cccc(Cl)c1. The highest BCUT2D eigenvalue weighted by atomic mass is 35.5. The van der Waals surface area contributed by atoms with Crippen molar-refractivity contribution in [3.05, 3.63) is 29.3 Å². The molecule has 8 heteroatoms. The Morgan fingerprint density at radius 3 is 2.60 bits per heavy atom. The number of halogens is 1. The topological polar surface area (TPSA) is 71.0 Å². The monoisotopic (exact) mass is 389 g/mol. The molecule has 0 saturated carbocycles. The number of rotatable bonds is 7. The van der Waals surface area contributed by atoms with Crippen molar-refractivity contribution >= 4 is 27.4 Å². The van der Waals surface area contributed by atoms with E-state index in [2.05, 4.69) is 10.3 Å². The van der Waals surface area contributed by atoms with E-state index in [1.54, 1.807) is 40.0 Å². The first-order valence-corrected chi connectivity index (χ1v) is 10.1. The van der Waals surface area contributed by atoms with Crippen LogP contribution < -0.4 is 10.1 Å². The molecule has 0 saturated heterocycles. The van der Waals surface area contributed by atoms with Crippen LogP contribution in [0.25, 0.3) is 0 Å². The second kappa shape index (κ2) is 9.29. The van der Waals surface area contributed by atoms with Gasteiger partial charge in [-0.25, -0.2) is 8.42 Å². The van der Waals surface area contributed by atoms with E-state index in [4.69, 9.17) is 16.3 Å². The molecule has 0 spiro atoms. The lowest BCUT2D eigenvalue weighted by atomic mass is 10.3. The second-order valence-corrected chi connectivity index (χ2v) is 9.93. The summed E-state index contributed by atoms with van der Waals surface area (Å²) in [5, 5.41) is 3.70. The van der Waals surface area contributed by atoms with Gasteiger partial charge in [0.25, 0.3) is 0 Å². The third-order valence-corrected chi connectivity index (χ3v) is 6.49. The van der Waals surface area contributed by atoms with Crippen molar-refractivity contribution in [2.45, 2.75) is 25.5 Å². The summed E-state index contributed by atoms with van der Waals surface area (Å²) in [6, 6.07) is 7.22. The number of aliphatic imine (C=N–C) groups is 1. The molecule has 0 fully saturated rings. The largest absolute Gasteiger partial charge is 0.492 e. The van der Waals surface area contributed by atoms with Gasteiger partial charge in [0, 0.05) is 25.7 Å². The average Bonchev–Trinajstić information content (AvgIpc) is 2.50. The summed E-state index contributed by atoms with van der Waals surface area (Å²) in [5.74, 6) is 1.39. The van der Waals surface area contributed by atoms with E-state index in [0.717, 1.165) is 0 Å². The van der Waals surface area contributed by atoms with Crippen LogP contribution in [0.4, 0.5) is 0 Å². The van der Waals surface area contributed by atoms with Gasteiger partial charge in [-0.1, -0.05) is 17.7 Å². The van der Waals surface area contributed by atoms with Crippen molar-refractivity contribution in [1.82, 2.24) is 10.2 Å². The molecule has 1 aromatic carbocycles. The summed E-state index contributed by atoms with van der Waals surface area (Å²) in [6.45, 7) is 6.48. The van der Waals surface area contributed by atoms with Gasteiger partial charge in [-0.15, -0.1) is 0 Å². The van der Waals surface area contributed by atoms with Gasteiger partial charge in [-0.3, -0.25) is 4.99 Å². The standard InChI is InChI=1S/C17H28ClN3O3S/c1-17(2,3)25(22,23)12-9-20-16(19-4)21(5)10-11-24-15-8-6-7-14(18)13-15/h6-8,13H,9-12H2,1-5H3,(H,19,20). The summed E-state index contributed by atoms with van der Waals surface area (Å²) in [5.41, 5.74) is 0. The molecule has 1 aromatic rings. The fourth-order valence-electron chi connectivity index (χ4n) is 1.95. The maximum Gasteiger partial charge on any atom is 0.193 e. The number of hydrogen-bond donors (Lipinski definition) is 1.